The lowest BCUT2D eigenvalue weighted by atomic mass is 10.8. The molecule has 0 unspecified atom stereocenters. The van der Waals surface area contributed by atoms with Gasteiger partial charge in [0.1, 0.15) is 0 Å². The van der Waals surface area contributed by atoms with Crippen molar-refractivity contribution in [1.29, 1.82) is 0 Å². The van der Waals surface area contributed by atoms with Crippen LogP contribution in [0.4, 0.5) is 0 Å². The van der Waals surface area contributed by atoms with Crippen molar-refractivity contribution in [3.05, 3.63) is 0 Å². The van der Waals surface area contributed by atoms with Gasteiger partial charge in [-0.2, -0.15) is 0 Å². The molecule has 4 nitrogen and oxygen atoms in total. The van der Waals surface area contributed by atoms with Crippen LogP contribution in [0.15, 0.2) is 10.3 Å². The van der Waals surface area contributed by atoms with Crippen molar-refractivity contribution in [2.75, 3.05) is 0 Å². The van der Waals surface area contributed by atoms with Crippen LogP contribution in [-0.2, 0) is 0 Å². The highest BCUT2D eigenvalue weighted by atomic mass is 79.9. The minimum Gasteiger partial charge on any atom is -0.410 e. The molecule has 0 radical (unpaired) electrons. The molecular weight excluding hydrogens is 244 g/mol. The Hall–Kier alpha value is -0.100. The second kappa shape index (κ2) is 3.85. The Labute approximate surface area is 62.1 Å². The summed E-state index contributed by atoms with van der Waals surface area (Å²) in [6.45, 7) is 0. The van der Waals surface area contributed by atoms with Gasteiger partial charge >= 0.3 is 0 Å². The standard InChI is InChI=1S/C2H2Br2N2O2/c3-1(5-7)2(4)6-8/h7-8H/b5-1-,6-2-. The highest BCUT2D eigenvalue weighted by Gasteiger charge is 1.99. The van der Waals surface area contributed by atoms with Crippen LogP contribution in [0, 0.1) is 0 Å². The van der Waals surface area contributed by atoms with Gasteiger partial charge in [0.15, 0.2) is 9.24 Å². The van der Waals surface area contributed by atoms with Gasteiger partial charge in [-0.05, 0) is 31.9 Å². The molecule has 0 bridgehead atoms. The zero-order valence-corrected chi connectivity index (χ0v) is 6.72. The first-order valence-corrected chi connectivity index (χ1v) is 3.06. The number of rotatable bonds is 1. The predicted molar refractivity (Wildman–Crippen MR) is 36.3 cm³/mol. The molecule has 0 fully saturated rings. The van der Waals surface area contributed by atoms with Gasteiger partial charge < -0.3 is 10.4 Å². The largest absolute Gasteiger partial charge is 0.410 e. The van der Waals surface area contributed by atoms with Crippen molar-refractivity contribution in [3.63, 3.8) is 0 Å². The fraction of sp³-hybridized carbons (Fsp3) is 0. The molecule has 0 aliphatic heterocycles. The van der Waals surface area contributed by atoms with Crippen LogP contribution in [0.1, 0.15) is 0 Å². The Bertz CT molecular complexity index is 116. The fourth-order valence-corrected chi connectivity index (χ4v) is 0.241. The maximum Gasteiger partial charge on any atom is 0.181 e. The van der Waals surface area contributed by atoms with E-state index < -0.39 is 0 Å². The van der Waals surface area contributed by atoms with E-state index in [1.165, 1.54) is 0 Å². The SMILES string of the molecule is O/N=C(Br)/C(Br)=N/O. The number of hydrogen-bond acceptors (Lipinski definition) is 4. The molecule has 0 amide bonds. The second-order valence-electron chi connectivity index (χ2n) is 0.782. The summed E-state index contributed by atoms with van der Waals surface area (Å²) in [6.07, 6.45) is 0. The molecule has 46 valence electrons. The molecule has 8 heavy (non-hydrogen) atoms. The first-order chi connectivity index (χ1) is 3.72. The maximum absolute atomic E-state index is 7.96. The van der Waals surface area contributed by atoms with Gasteiger partial charge in [0.2, 0.25) is 0 Å². The van der Waals surface area contributed by atoms with E-state index in [4.69, 9.17) is 10.4 Å². The molecule has 0 saturated carbocycles. The van der Waals surface area contributed by atoms with Gasteiger partial charge in [0.05, 0.1) is 0 Å². The molecule has 0 spiro atoms. The highest BCUT2D eigenvalue weighted by molar-refractivity contribution is 9.24. The van der Waals surface area contributed by atoms with Crippen molar-refractivity contribution < 1.29 is 10.4 Å². The van der Waals surface area contributed by atoms with Crippen molar-refractivity contribution in [2.24, 2.45) is 10.3 Å². The van der Waals surface area contributed by atoms with Crippen LogP contribution >= 0.6 is 31.9 Å². The molecule has 6 heteroatoms. The minimum absolute atomic E-state index is 0.0417. The fourth-order valence-electron chi connectivity index (χ4n) is 0.0825. The van der Waals surface area contributed by atoms with Crippen LogP contribution in [0.25, 0.3) is 0 Å². The van der Waals surface area contributed by atoms with Gasteiger partial charge in [-0.25, -0.2) is 0 Å². The van der Waals surface area contributed by atoms with Gasteiger partial charge in [-0.3, -0.25) is 0 Å². The molecule has 0 atom stereocenters. The van der Waals surface area contributed by atoms with E-state index in [1.54, 1.807) is 0 Å². The molecular formula is C2H2Br2N2O2. The average Bonchev–Trinajstić information content (AvgIpc) is 1.84. The lowest BCUT2D eigenvalue weighted by molar-refractivity contribution is 0.316. The van der Waals surface area contributed by atoms with E-state index in [0.29, 0.717) is 0 Å². The Morgan fingerprint density at radius 2 is 1.25 bits per heavy atom. The zero-order chi connectivity index (χ0) is 6.57. The normalized spacial score (nSPS) is 14.2. The van der Waals surface area contributed by atoms with Gasteiger partial charge in [-0.15, -0.1) is 0 Å². The van der Waals surface area contributed by atoms with Crippen LogP contribution in [0.3, 0.4) is 0 Å². The lowest BCUT2D eigenvalue weighted by Crippen LogP contribution is -1.96. The molecule has 0 rings (SSSR count). The predicted octanol–water partition coefficient (Wildman–Crippen LogP) is 1.35. The lowest BCUT2D eigenvalue weighted by Gasteiger charge is -1.84. The second-order valence-corrected chi connectivity index (χ2v) is 2.28. The Balaban J connectivity index is 4.04. The van der Waals surface area contributed by atoms with E-state index in [2.05, 4.69) is 42.2 Å². The van der Waals surface area contributed by atoms with Gasteiger partial charge in [0, 0.05) is 0 Å². The summed E-state index contributed by atoms with van der Waals surface area (Å²) in [5.74, 6) is 0. The Morgan fingerprint density at radius 3 is 1.38 bits per heavy atom. The molecule has 0 heterocycles. The first kappa shape index (κ1) is 7.90. The van der Waals surface area contributed by atoms with Crippen molar-refractivity contribution in [1.82, 2.24) is 0 Å². The number of halogens is 2. The van der Waals surface area contributed by atoms with E-state index in [0.717, 1.165) is 0 Å². The summed E-state index contributed by atoms with van der Waals surface area (Å²) in [6, 6.07) is 0. The van der Waals surface area contributed by atoms with Crippen molar-refractivity contribution >= 4 is 41.1 Å². The van der Waals surface area contributed by atoms with E-state index in [-0.39, 0.29) is 9.24 Å². The summed E-state index contributed by atoms with van der Waals surface area (Å²) in [5, 5.41) is 21.2. The average molecular weight is 246 g/mol. The maximum atomic E-state index is 7.96. The molecule has 0 saturated heterocycles. The molecule has 0 aliphatic rings. The quantitative estimate of drug-likeness (QED) is 0.416. The Morgan fingerprint density at radius 1 is 1.00 bits per heavy atom. The molecule has 0 aromatic heterocycles. The minimum atomic E-state index is 0.0417. The third-order valence-corrected chi connectivity index (χ3v) is 1.95. The molecule has 0 aromatic rings. The van der Waals surface area contributed by atoms with Crippen LogP contribution in [0.5, 0.6) is 0 Å². The monoisotopic (exact) mass is 244 g/mol. The van der Waals surface area contributed by atoms with E-state index in [9.17, 15) is 0 Å². The third kappa shape index (κ3) is 2.27. The van der Waals surface area contributed by atoms with Crippen LogP contribution < -0.4 is 0 Å². The molecule has 2 N–H and O–H groups in total. The first-order valence-electron chi connectivity index (χ1n) is 1.48. The summed E-state index contributed by atoms with van der Waals surface area (Å²) < 4.78 is 0.0833. The number of nitrogens with zero attached hydrogens (tertiary/aromatic N) is 2. The summed E-state index contributed by atoms with van der Waals surface area (Å²) in [4.78, 5) is 0. The van der Waals surface area contributed by atoms with Crippen LogP contribution in [0.2, 0.25) is 0 Å². The number of hydrogen-bond donors (Lipinski definition) is 2. The number of oxime groups is 2. The highest BCUT2D eigenvalue weighted by Crippen LogP contribution is 1.98. The van der Waals surface area contributed by atoms with Gasteiger partial charge in [0.25, 0.3) is 0 Å². The molecule has 0 aromatic carbocycles. The third-order valence-electron chi connectivity index (χ3n) is 0.346. The van der Waals surface area contributed by atoms with E-state index in [1.807, 2.05) is 0 Å². The zero-order valence-electron chi connectivity index (χ0n) is 3.54. The van der Waals surface area contributed by atoms with Crippen molar-refractivity contribution in [2.45, 2.75) is 0 Å². The Kier molecular flexibility index (Phi) is 3.80. The summed E-state index contributed by atoms with van der Waals surface area (Å²) >= 11 is 5.53. The smallest absolute Gasteiger partial charge is 0.181 e. The van der Waals surface area contributed by atoms with Gasteiger partial charge in [-0.1, -0.05) is 10.3 Å². The van der Waals surface area contributed by atoms with E-state index >= 15 is 0 Å². The van der Waals surface area contributed by atoms with Crippen LogP contribution in [-0.4, -0.2) is 19.7 Å². The summed E-state index contributed by atoms with van der Waals surface area (Å²) in [5.41, 5.74) is 0. The topological polar surface area (TPSA) is 65.2 Å². The van der Waals surface area contributed by atoms with Crippen molar-refractivity contribution in [3.8, 4) is 0 Å². The summed E-state index contributed by atoms with van der Waals surface area (Å²) in [7, 11) is 0. The molecule has 0 aliphatic carbocycles.